The molecule has 0 spiro atoms. The second kappa shape index (κ2) is 4.97. The van der Waals surface area contributed by atoms with E-state index in [0.29, 0.717) is 6.42 Å². The van der Waals surface area contributed by atoms with E-state index < -0.39 is 12.8 Å². The highest BCUT2D eigenvalue weighted by molar-refractivity contribution is 4.51. The molecule has 0 amide bonds. The summed E-state index contributed by atoms with van der Waals surface area (Å²) >= 11 is 0. The van der Waals surface area contributed by atoms with Crippen molar-refractivity contribution < 1.29 is 13.9 Å². The third-order valence-electron chi connectivity index (χ3n) is 0.843. The van der Waals surface area contributed by atoms with Crippen LogP contribution in [0.1, 0.15) is 12.8 Å². The molecule has 0 aliphatic rings. The zero-order valence-electron chi connectivity index (χ0n) is 4.61. The van der Waals surface area contributed by atoms with E-state index in [1.807, 2.05) is 0 Å². The molecule has 0 bridgehead atoms. The molecule has 0 saturated heterocycles. The van der Waals surface area contributed by atoms with Crippen molar-refractivity contribution in [2.75, 3.05) is 13.3 Å². The van der Waals surface area contributed by atoms with Crippen LogP contribution in [0.5, 0.6) is 0 Å². The van der Waals surface area contributed by atoms with E-state index in [-0.39, 0.29) is 13.0 Å². The molecule has 0 aliphatic carbocycles. The quantitative estimate of drug-likeness (QED) is 0.594. The fourth-order valence-corrected chi connectivity index (χ4v) is 0.390. The Kier molecular flexibility index (Phi) is 4.85. The minimum absolute atomic E-state index is 0.0551. The maximum atomic E-state index is 11.8. The Morgan fingerprint density at radius 3 is 2.50 bits per heavy atom. The van der Waals surface area contributed by atoms with Crippen LogP contribution in [0.3, 0.4) is 0 Å². The predicted molar refractivity (Wildman–Crippen MR) is 27.2 cm³/mol. The molecule has 3 heteroatoms. The first-order chi connectivity index (χ1) is 3.81. The minimum Gasteiger partial charge on any atom is -0.396 e. The molecule has 0 heterocycles. The summed E-state index contributed by atoms with van der Waals surface area (Å²) in [6.07, 6.45) is -0.889. The van der Waals surface area contributed by atoms with Gasteiger partial charge in [0.15, 0.2) is 0 Å². The normalized spacial score (nSPS) is 13.9. The van der Waals surface area contributed by atoms with Crippen molar-refractivity contribution in [2.24, 2.45) is 0 Å². The van der Waals surface area contributed by atoms with Gasteiger partial charge in [0, 0.05) is 6.61 Å². The second-order valence-electron chi connectivity index (χ2n) is 1.62. The van der Waals surface area contributed by atoms with Gasteiger partial charge >= 0.3 is 0 Å². The highest BCUT2D eigenvalue weighted by atomic mass is 19.2. The van der Waals surface area contributed by atoms with Crippen LogP contribution in [0, 0.1) is 0 Å². The molecule has 8 heavy (non-hydrogen) atoms. The summed E-state index contributed by atoms with van der Waals surface area (Å²) in [4.78, 5) is 0. The van der Waals surface area contributed by atoms with E-state index in [2.05, 4.69) is 0 Å². The maximum absolute atomic E-state index is 11.8. The maximum Gasteiger partial charge on any atom is 0.128 e. The molecular weight excluding hydrogens is 114 g/mol. The van der Waals surface area contributed by atoms with Crippen LogP contribution >= 0.6 is 0 Å². The zero-order valence-corrected chi connectivity index (χ0v) is 4.61. The Labute approximate surface area is 47.3 Å². The molecule has 0 fully saturated rings. The third-order valence-corrected chi connectivity index (χ3v) is 0.843. The van der Waals surface area contributed by atoms with Crippen molar-refractivity contribution in [3.05, 3.63) is 0 Å². The van der Waals surface area contributed by atoms with E-state index in [1.165, 1.54) is 0 Å². The average Bonchev–Trinajstić information content (AvgIpc) is 1.83. The van der Waals surface area contributed by atoms with Crippen LogP contribution in [-0.4, -0.2) is 24.6 Å². The highest BCUT2D eigenvalue weighted by Crippen LogP contribution is 2.00. The van der Waals surface area contributed by atoms with Crippen molar-refractivity contribution in [3.8, 4) is 0 Å². The van der Waals surface area contributed by atoms with Crippen molar-refractivity contribution in [1.29, 1.82) is 0 Å². The topological polar surface area (TPSA) is 20.2 Å². The number of hydrogen-bond acceptors (Lipinski definition) is 1. The van der Waals surface area contributed by atoms with Crippen LogP contribution in [0.4, 0.5) is 8.78 Å². The standard InChI is InChI=1S/C5H10F2O/c6-4-5(7)2-1-3-8/h5,8H,1-4H2. The van der Waals surface area contributed by atoms with Crippen LogP contribution in [0.2, 0.25) is 0 Å². The first-order valence-corrected chi connectivity index (χ1v) is 2.62. The average molecular weight is 124 g/mol. The molecule has 0 rings (SSSR count). The van der Waals surface area contributed by atoms with Gasteiger partial charge < -0.3 is 5.11 Å². The Morgan fingerprint density at radius 1 is 1.50 bits per heavy atom. The van der Waals surface area contributed by atoms with Gasteiger partial charge in [-0.25, -0.2) is 8.78 Å². The molecule has 50 valence electrons. The molecule has 0 aromatic rings. The molecule has 0 aliphatic heterocycles. The van der Waals surface area contributed by atoms with Gasteiger partial charge in [0.25, 0.3) is 0 Å². The van der Waals surface area contributed by atoms with E-state index >= 15 is 0 Å². The molecule has 1 N–H and O–H groups in total. The van der Waals surface area contributed by atoms with Crippen LogP contribution in [0.25, 0.3) is 0 Å². The molecule has 1 atom stereocenters. The summed E-state index contributed by atoms with van der Waals surface area (Å²) in [7, 11) is 0. The largest absolute Gasteiger partial charge is 0.396 e. The Bertz CT molecular complexity index is 49.7. The SMILES string of the molecule is OCCCC(F)CF. The summed E-state index contributed by atoms with van der Waals surface area (Å²) < 4.78 is 23.1. The number of rotatable bonds is 4. The van der Waals surface area contributed by atoms with E-state index in [0.717, 1.165) is 0 Å². The number of aliphatic hydroxyl groups excluding tert-OH is 1. The van der Waals surface area contributed by atoms with Crippen molar-refractivity contribution in [2.45, 2.75) is 19.0 Å². The van der Waals surface area contributed by atoms with Gasteiger partial charge in [-0.15, -0.1) is 0 Å². The predicted octanol–water partition coefficient (Wildman–Crippen LogP) is 1.07. The first-order valence-electron chi connectivity index (χ1n) is 2.62. The number of halogens is 2. The fourth-order valence-electron chi connectivity index (χ4n) is 0.390. The lowest BCUT2D eigenvalue weighted by Gasteiger charge is -1.98. The molecule has 1 unspecified atom stereocenters. The number of aliphatic hydroxyl groups is 1. The molecule has 0 aromatic carbocycles. The van der Waals surface area contributed by atoms with Crippen molar-refractivity contribution >= 4 is 0 Å². The summed E-state index contributed by atoms with van der Waals surface area (Å²) in [6, 6.07) is 0. The lowest BCUT2D eigenvalue weighted by Crippen LogP contribution is -2.02. The third kappa shape index (κ3) is 3.99. The summed E-state index contributed by atoms with van der Waals surface area (Å²) in [6.45, 7) is -0.986. The van der Waals surface area contributed by atoms with Crippen molar-refractivity contribution in [1.82, 2.24) is 0 Å². The fraction of sp³-hybridized carbons (Fsp3) is 1.00. The van der Waals surface area contributed by atoms with E-state index in [9.17, 15) is 8.78 Å². The lowest BCUT2D eigenvalue weighted by atomic mass is 10.2. The minimum atomic E-state index is -1.37. The highest BCUT2D eigenvalue weighted by Gasteiger charge is 2.02. The van der Waals surface area contributed by atoms with Crippen molar-refractivity contribution in [3.63, 3.8) is 0 Å². The summed E-state index contributed by atoms with van der Waals surface area (Å²) in [5.74, 6) is 0. The van der Waals surface area contributed by atoms with Crippen LogP contribution in [0.15, 0.2) is 0 Å². The van der Waals surface area contributed by atoms with E-state index in [1.54, 1.807) is 0 Å². The van der Waals surface area contributed by atoms with Crippen LogP contribution < -0.4 is 0 Å². The molecule has 1 nitrogen and oxygen atoms in total. The van der Waals surface area contributed by atoms with Gasteiger partial charge in [0.1, 0.15) is 12.8 Å². The van der Waals surface area contributed by atoms with Gasteiger partial charge in [-0.1, -0.05) is 0 Å². The van der Waals surface area contributed by atoms with Gasteiger partial charge in [0.2, 0.25) is 0 Å². The van der Waals surface area contributed by atoms with Gasteiger partial charge in [-0.05, 0) is 12.8 Å². The molecule has 0 radical (unpaired) electrons. The van der Waals surface area contributed by atoms with Gasteiger partial charge in [-0.2, -0.15) is 0 Å². The monoisotopic (exact) mass is 124 g/mol. The summed E-state index contributed by atoms with van der Waals surface area (Å²) in [5.41, 5.74) is 0. The zero-order chi connectivity index (χ0) is 6.41. The second-order valence-corrected chi connectivity index (χ2v) is 1.62. The molecule has 0 saturated carbocycles. The summed E-state index contributed by atoms with van der Waals surface area (Å²) in [5, 5.41) is 8.12. The lowest BCUT2D eigenvalue weighted by molar-refractivity contribution is 0.215. The molecule has 0 aromatic heterocycles. The van der Waals surface area contributed by atoms with E-state index in [4.69, 9.17) is 5.11 Å². The first kappa shape index (κ1) is 7.82. The number of hydrogen-bond donors (Lipinski definition) is 1. The van der Waals surface area contributed by atoms with Gasteiger partial charge in [-0.3, -0.25) is 0 Å². The van der Waals surface area contributed by atoms with Crippen LogP contribution in [-0.2, 0) is 0 Å². The number of alkyl halides is 2. The Morgan fingerprint density at radius 2 is 2.12 bits per heavy atom. The Hall–Kier alpha value is -0.180. The van der Waals surface area contributed by atoms with Gasteiger partial charge in [0.05, 0.1) is 0 Å². The smallest absolute Gasteiger partial charge is 0.128 e. The molecular formula is C5H10F2O. The Balaban J connectivity index is 2.86.